The van der Waals surface area contributed by atoms with Gasteiger partial charge in [-0.1, -0.05) is 36.4 Å². The predicted octanol–water partition coefficient (Wildman–Crippen LogP) is 3.20. The van der Waals surface area contributed by atoms with E-state index in [1.54, 1.807) is 12.3 Å². The minimum absolute atomic E-state index is 0.205. The molecule has 0 spiro atoms. The Morgan fingerprint density at radius 3 is 2.76 bits per heavy atom. The number of allylic oxidation sites excluding steroid dienone is 2. The van der Waals surface area contributed by atoms with Gasteiger partial charge >= 0.3 is 0 Å². The number of ketones is 1. The Bertz CT molecular complexity index is 635. The molecule has 0 aliphatic heterocycles. The molecule has 0 saturated heterocycles. The van der Waals surface area contributed by atoms with E-state index >= 15 is 0 Å². The van der Waals surface area contributed by atoms with Gasteiger partial charge in [0.05, 0.1) is 0 Å². The third-order valence-electron chi connectivity index (χ3n) is 3.79. The number of benzene rings is 1. The SMILES string of the molecule is O=C1C=C(NCc2cccnc2)C(c2ccccc2)CC1. The minimum atomic E-state index is 0.205. The lowest BCUT2D eigenvalue weighted by Gasteiger charge is -2.25. The summed E-state index contributed by atoms with van der Waals surface area (Å²) in [5, 5.41) is 3.42. The molecule has 1 N–H and O–H groups in total. The highest BCUT2D eigenvalue weighted by molar-refractivity contribution is 5.91. The molecule has 21 heavy (non-hydrogen) atoms. The fraction of sp³-hybridized carbons (Fsp3) is 0.222. The van der Waals surface area contributed by atoms with Crippen molar-refractivity contribution < 1.29 is 4.79 Å². The van der Waals surface area contributed by atoms with Crippen LogP contribution in [0.3, 0.4) is 0 Å². The zero-order valence-corrected chi connectivity index (χ0v) is 11.8. The number of nitrogens with one attached hydrogen (secondary N) is 1. The number of pyridine rings is 1. The molecule has 3 nitrogen and oxygen atoms in total. The number of carbonyl (C=O) groups excluding carboxylic acids is 1. The van der Waals surface area contributed by atoms with Crippen molar-refractivity contribution in [1.29, 1.82) is 0 Å². The van der Waals surface area contributed by atoms with E-state index in [4.69, 9.17) is 0 Å². The Morgan fingerprint density at radius 2 is 2.00 bits per heavy atom. The Hall–Kier alpha value is -2.42. The van der Waals surface area contributed by atoms with Crippen molar-refractivity contribution in [3.05, 3.63) is 77.8 Å². The predicted molar refractivity (Wildman–Crippen MR) is 82.6 cm³/mol. The van der Waals surface area contributed by atoms with Gasteiger partial charge in [0.25, 0.3) is 0 Å². The van der Waals surface area contributed by atoms with Gasteiger partial charge in [-0.05, 0) is 23.6 Å². The van der Waals surface area contributed by atoms with E-state index in [-0.39, 0.29) is 11.7 Å². The Kier molecular flexibility index (Phi) is 4.10. The van der Waals surface area contributed by atoms with E-state index in [1.165, 1.54) is 5.56 Å². The van der Waals surface area contributed by atoms with Gasteiger partial charge in [0.2, 0.25) is 0 Å². The second kappa shape index (κ2) is 6.35. The van der Waals surface area contributed by atoms with Gasteiger partial charge in [-0.25, -0.2) is 0 Å². The molecule has 3 heteroatoms. The number of rotatable bonds is 4. The van der Waals surface area contributed by atoms with Crippen LogP contribution in [0.1, 0.15) is 29.9 Å². The van der Waals surface area contributed by atoms with E-state index < -0.39 is 0 Å². The molecule has 0 radical (unpaired) electrons. The van der Waals surface area contributed by atoms with Crippen molar-refractivity contribution in [2.75, 3.05) is 0 Å². The van der Waals surface area contributed by atoms with Crippen LogP contribution in [-0.4, -0.2) is 10.8 Å². The van der Waals surface area contributed by atoms with Crippen LogP contribution < -0.4 is 5.32 Å². The zero-order chi connectivity index (χ0) is 14.5. The molecular formula is C18H18N2O. The van der Waals surface area contributed by atoms with Crippen LogP contribution in [-0.2, 0) is 11.3 Å². The zero-order valence-electron chi connectivity index (χ0n) is 11.8. The highest BCUT2D eigenvalue weighted by atomic mass is 16.1. The highest BCUT2D eigenvalue weighted by Gasteiger charge is 2.22. The van der Waals surface area contributed by atoms with Gasteiger partial charge in [0.15, 0.2) is 5.78 Å². The van der Waals surface area contributed by atoms with E-state index in [2.05, 4.69) is 22.4 Å². The third-order valence-corrected chi connectivity index (χ3v) is 3.79. The van der Waals surface area contributed by atoms with Crippen molar-refractivity contribution in [2.45, 2.75) is 25.3 Å². The van der Waals surface area contributed by atoms with Crippen LogP contribution in [0.4, 0.5) is 0 Å². The summed E-state index contributed by atoms with van der Waals surface area (Å²) in [5.74, 6) is 0.483. The van der Waals surface area contributed by atoms with Crippen molar-refractivity contribution >= 4 is 5.78 Å². The summed E-state index contributed by atoms with van der Waals surface area (Å²) in [6, 6.07) is 14.3. The van der Waals surface area contributed by atoms with Gasteiger partial charge in [-0.15, -0.1) is 0 Å². The van der Waals surface area contributed by atoms with Crippen molar-refractivity contribution in [3.63, 3.8) is 0 Å². The summed E-state index contributed by atoms with van der Waals surface area (Å²) in [5.41, 5.74) is 3.39. The standard InChI is InChI=1S/C18H18N2O/c21-16-8-9-17(15-6-2-1-3-7-15)18(11-16)20-13-14-5-4-10-19-12-14/h1-7,10-12,17,20H,8-9,13H2. The second-order valence-electron chi connectivity index (χ2n) is 5.28. The normalized spacial score (nSPS) is 18.2. The number of hydrogen-bond acceptors (Lipinski definition) is 3. The Balaban J connectivity index is 1.77. The van der Waals surface area contributed by atoms with Crippen molar-refractivity contribution in [1.82, 2.24) is 10.3 Å². The van der Waals surface area contributed by atoms with Gasteiger partial charge in [-0.2, -0.15) is 0 Å². The topological polar surface area (TPSA) is 42.0 Å². The van der Waals surface area contributed by atoms with Gasteiger partial charge in [-0.3, -0.25) is 9.78 Å². The first kappa shape index (κ1) is 13.6. The van der Waals surface area contributed by atoms with Crippen LogP contribution in [0.25, 0.3) is 0 Å². The summed E-state index contributed by atoms with van der Waals surface area (Å²) >= 11 is 0. The van der Waals surface area contributed by atoms with E-state index in [0.29, 0.717) is 13.0 Å². The lowest BCUT2D eigenvalue weighted by molar-refractivity contribution is -0.115. The van der Waals surface area contributed by atoms with Crippen LogP contribution in [0.15, 0.2) is 66.6 Å². The van der Waals surface area contributed by atoms with E-state index in [0.717, 1.165) is 17.7 Å². The molecule has 1 aromatic carbocycles. The van der Waals surface area contributed by atoms with Gasteiger partial charge < -0.3 is 5.32 Å². The smallest absolute Gasteiger partial charge is 0.157 e. The van der Waals surface area contributed by atoms with Gasteiger partial charge in [0, 0.05) is 43.1 Å². The summed E-state index contributed by atoms with van der Waals surface area (Å²) in [6.07, 6.45) is 6.86. The Morgan fingerprint density at radius 1 is 1.14 bits per heavy atom. The van der Waals surface area contributed by atoms with Crippen LogP contribution in [0, 0.1) is 0 Å². The first-order chi connectivity index (χ1) is 10.3. The van der Waals surface area contributed by atoms with E-state index in [9.17, 15) is 4.79 Å². The molecule has 106 valence electrons. The molecule has 0 saturated carbocycles. The summed E-state index contributed by atoms with van der Waals surface area (Å²) < 4.78 is 0. The van der Waals surface area contributed by atoms with Crippen LogP contribution >= 0.6 is 0 Å². The molecule has 0 amide bonds. The monoisotopic (exact) mass is 278 g/mol. The van der Waals surface area contributed by atoms with Crippen molar-refractivity contribution in [2.24, 2.45) is 0 Å². The number of carbonyl (C=O) groups is 1. The number of hydrogen-bond donors (Lipinski definition) is 1. The molecule has 2 aromatic rings. The molecule has 1 aliphatic carbocycles. The lowest BCUT2D eigenvalue weighted by Crippen LogP contribution is -2.24. The largest absolute Gasteiger partial charge is 0.384 e. The fourth-order valence-electron chi connectivity index (χ4n) is 2.70. The first-order valence-electron chi connectivity index (χ1n) is 7.25. The highest BCUT2D eigenvalue weighted by Crippen LogP contribution is 2.31. The molecule has 1 atom stereocenters. The molecule has 1 aliphatic rings. The molecule has 0 fully saturated rings. The first-order valence-corrected chi connectivity index (χ1v) is 7.25. The van der Waals surface area contributed by atoms with Crippen LogP contribution in [0.2, 0.25) is 0 Å². The summed E-state index contributed by atoms with van der Waals surface area (Å²) in [7, 11) is 0. The summed E-state index contributed by atoms with van der Waals surface area (Å²) in [6.45, 7) is 0.691. The van der Waals surface area contributed by atoms with E-state index in [1.807, 2.05) is 36.5 Å². The maximum atomic E-state index is 11.7. The molecule has 3 rings (SSSR count). The number of aromatic nitrogens is 1. The molecule has 0 bridgehead atoms. The second-order valence-corrected chi connectivity index (χ2v) is 5.28. The van der Waals surface area contributed by atoms with Crippen LogP contribution in [0.5, 0.6) is 0 Å². The summed E-state index contributed by atoms with van der Waals surface area (Å²) in [4.78, 5) is 15.8. The fourth-order valence-corrected chi connectivity index (χ4v) is 2.70. The molecular weight excluding hydrogens is 260 g/mol. The van der Waals surface area contributed by atoms with Crippen molar-refractivity contribution in [3.8, 4) is 0 Å². The molecule has 1 heterocycles. The molecule has 1 unspecified atom stereocenters. The molecule has 1 aromatic heterocycles. The quantitative estimate of drug-likeness (QED) is 0.933. The third kappa shape index (κ3) is 3.37. The van der Waals surface area contributed by atoms with Gasteiger partial charge in [0.1, 0.15) is 0 Å². The minimum Gasteiger partial charge on any atom is -0.384 e. The average molecular weight is 278 g/mol. The average Bonchev–Trinajstić information content (AvgIpc) is 2.55. The number of nitrogens with zero attached hydrogens (tertiary/aromatic N) is 1. The Labute approximate surface area is 124 Å². The maximum absolute atomic E-state index is 11.7. The lowest BCUT2D eigenvalue weighted by atomic mass is 9.85. The maximum Gasteiger partial charge on any atom is 0.157 e.